The number of carbonyl (C=O) groups is 4. The molecule has 0 spiro atoms. The van der Waals surface area contributed by atoms with Crippen molar-refractivity contribution in [1.29, 1.82) is 0 Å². The first-order valence-corrected chi connectivity index (χ1v) is 28.4. The number of anilines is 2. The first kappa shape index (κ1) is 71.7. The maximum absolute atomic E-state index is 14.9. The summed E-state index contributed by atoms with van der Waals surface area (Å²) in [5, 5.41) is 31.2. The van der Waals surface area contributed by atoms with Crippen LogP contribution in [0.15, 0.2) is 119 Å². The van der Waals surface area contributed by atoms with Gasteiger partial charge in [-0.15, -0.1) is 0 Å². The molecular formula is C65H71F4LiN8O12. The minimum atomic E-state index is -1.50. The van der Waals surface area contributed by atoms with Crippen LogP contribution in [0, 0.1) is 23.3 Å². The molecule has 0 radical (unpaired) electrons. The molecule has 4 atom stereocenters. The second-order valence-corrected chi connectivity index (χ2v) is 20.8. The number of amides is 2. The molecular weight excluding hydrogens is 1170 g/mol. The van der Waals surface area contributed by atoms with E-state index in [2.05, 4.69) is 31.5 Å². The Kier molecular flexibility index (Phi) is 26.2. The SMILES string of the molecule is C1CCOC1.CC[C@H](C)Nc1cc(F)c(C(=O)N[C@@H](Cc2ccc(-c3c(OC)cnn(C)c3=O)c3ccccc23)C(=O)O)c(F)c1.CC[C@H](C)Nc1cc(F)c(C(=O)N[C@@H](Cc2ccc(-c3c(OC)cnn(C)c3=O)c3ccccc23)C(=O)OC)c(F)c1.[Li+].[OH-]. The maximum Gasteiger partial charge on any atom is 1.00 e. The van der Waals surface area contributed by atoms with E-state index in [9.17, 15) is 51.4 Å². The Morgan fingerprint density at radius 2 is 0.967 bits per heavy atom. The summed E-state index contributed by atoms with van der Waals surface area (Å²) in [4.78, 5) is 76.9. The van der Waals surface area contributed by atoms with Gasteiger partial charge in [-0.05, 0) is 108 Å². The number of aryl methyl sites for hydroxylation is 2. The van der Waals surface area contributed by atoms with E-state index in [-0.39, 0.29) is 83.1 Å². The van der Waals surface area contributed by atoms with E-state index in [1.54, 1.807) is 60.7 Å². The molecule has 6 aromatic carbocycles. The van der Waals surface area contributed by atoms with Crippen LogP contribution in [0.25, 0.3) is 43.8 Å². The van der Waals surface area contributed by atoms with E-state index in [4.69, 9.17) is 18.9 Å². The summed E-state index contributed by atoms with van der Waals surface area (Å²) < 4.78 is 82.5. The smallest absolute Gasteiger partial charge is 0.870 e. The second kappa shape index (κ2) is 32.9. The van der Waals surface area contributed by atoms with Gasteiger partial charge in [0.05, 0.1) is 44.8 Å². The summed E-state index contributed by atoms with van der Waals surface area (Å²) in [5.41, 5.74) is 0.861. The number of rotatable bonds is 20. The quantitative estimate of drug-likeness (QED) is 0.0300. The number of benzene rings is 6. The molecule has 1 aliphatic rings. The van der Waals surface area contributed by atoms with Gasteiger partial charge in [-0.2, -0.15) is 10.2 Å². The molecule has 1 aliphatic heterocycles. The molecule has 20 nitrogen and oxygen atoms in total. The third-order valence-corrected chi connectivity index (χ3v) is 14.9. The van der Waals surface area contributed by atoms with Crippen molar-refractivity contribution in [3.05, 3.63) is 176 Å². The number of aromatic nitrogens is 4. The van der Waals surface area contributed by atoms with Crippen molar-refractivity contribution in [3.63, 3.8) is 0 Å². The van der Waals surface area contributed by atoms with Crippen molar-refractivity contribution in [1.82, 2.24) is 30.2 Å². The average Bonchev–Trinajstić information content (AvgIpc) is 1.37. The van der Waals surface area contributed by atoms with Crippen LogP contribution in [0.5, 0.6) is 11.5 Å². The van der Waals surface area contributed by atoms with Crippen LogP contribution in [-0.4, -0.2) is 113 Å². The molecule has 472 valence electrons. The van der Waals surface area contributed by atoms with Gasteiger partial charge in [0.25, 0.3) is 22.9 Å². The monoisotopic (exact) mass is 1240 g/mol. The number of halogens is 4. The summed E-state index contributed by atoms with van der Waals surface area (Å²) in [6, 6.07) is 22.3. The van der Waals surface area contributed by atoms with Crippen LogP contribution in [0.4, 0.5) is 28.9 Å². The zero-order valence-electron chi connectivity index (χ0n) is 51.6. The first-order chi connectivity index (χ1) is 42.1. The predicted molar refractivity (Wildman–Crippen MR) is 329 cm³/mol. The second-order valence-electron chi connectivity index (χ2n) is 20.8. The maximum atomic E-state index is 14.9. The Hall–Kier alpha value is -9.08. The number of carboxylic acids is 1. The van der Waals surface area contributed by atoms with Gasteiger partial charge in [0.2, 0.25) is 0 Å². The van der Waals surface area contributed by atoms with Gasteiger partial charge in [0.15, 0.2) is 11.5 Å². The van der Waals surface area contributed by atoms with Gasteiger partial charge >= 0.3 is 30.8 Å². The fourth-order valence-electron chi connectivity index (χ4n) is 9.83. The van der Waals surface area contributed by atoms with Crippen LogP contribution in [0.2, 0.25) is 0 Å². The van der Waals surface area contributed by atoms with Crippen molar-refractivity contribution in [2.24, 2.45) is 14.1 Å². The Morgan fingerprint density at radius 3 is 1.30 bits per heavy atom. The minimum Gasteiger partial charge on any atom is -0.870 e. The predicted octanol–water partition coefficient (Wildman–Crippen LogP) is 6.76. The molecule has 0 bridgehead atoms. The molecule has 8 aromatic rings. The standard InChI is InChI=1S/C31H32F2N4O5.C30H30F2N4O5.C4H8O.Li.H2O/c1-6-17(2)35-19-14-23(32)28(24(33)15-19)29(38)36-25(31(40)42-5)13-18-11-12-22(21-10-8-7-9-20(18)21)27-26(41-4)16-34-37(3)30(27)39;1-5-16(2)34-18-13-22(31)27(23(32)14-18)28(37)35-24(30(39)40)12-17-10-11-21(20-9-7-6-8-19(17)20)26-25(41-4)15-33-36(3)29(26)38;1-2-4-5-3-1;;/h7-12,14-17,25,35H,6,13H2,1-5H3,(H,36,38);6-11,13-16,24,34H,5,12H2,1-4H3,(H,35,37)(H,39,40);1-4H2;;1H2/q;;;+1;/p-1/t17-,25-;16-,24-;;;/m00.../s1. The van der Waals surface area contributed by atoms with Crippen molar-refractivity contribution in [2.75, 3.05) is 45.2 Å². The topological polar surface area (TPSA) is 273 Å². The molecule has 0 unspecified atom stereocenters. The van der Waals surface area contributed by atoms with Gasteiger partial charge in [0, 0.05) is 63.6 Å². The molecule has 2 aromatic heterocycles. The van der Waals surface area contributed by atoms with Crippen LogP contribution in [-0.2, 0) is 46.0 Å². The third-order valence-electron chi connectivity index (χ3n) is 14.9. The Balaban J connectivity index is 0.000000297. The van der Waals surface area contributed by atoms with Crippen molar-refractivity contribution >= 4 is 56.7 Å². The summed E-state index contributed by atoms with van der Waals surface area (Å²) in [5.74, 6) is -8.24. The number of ether oxygens (including phenoxy) is 4. The molecule has 1 saturated heterocycles. The molecule has 6 N–H and O–H groups in total. The van der Waals surface area contributed by atoms with Crippen molar-refractivity contribution in [3.8, 4) is 33.8 Å². The summed E-state index contributed by atoms with van der Waals surface area (Å²) >= 11 is 0. The van der Waals surface area contributed by atoms with Gasteiger partial charge < -0.3 is 50.8 Å². The van der Waals surface area contributed by atoms with Crippen molar-refractivity contribution in [2.45, 2.75) is 90.4 Å². The fourth-order valence-corrected chi connectivity index (χ4v) is 9.83. The number of hydrogen-bond donors (Lipinski definition) is 5. The van der Waals surface area contributed by atoms with E-state index in [1.165, 1.54) is 62.9 Å². The molecule has 9 rings (SSSR count). The number of fused-ring (bicyclic) bond motifs is 2. The number of nitrogens with zero attached hydrogens (tertiary/aromatic N) is 4. The number of carboxylic acid groups (broad SMARTS) is 1. The fraction of sp³-hybridized carbons (Fsp3) is 0.323. The first-order valence-electron chi connectivity index (χ1n) is 28.4. The van der Waals surface area contributed by atoms with Crippen LogP contribution >= 0.6 is 0 Å². The number of nitrogens with one attached hydrogen (secondary N) is 4. The van der Waals surface area contributed by atoms with E-state index in [0.717, 1.165) is 51.0 Å². The number of esters is 1. The summed E-state index contributed by atoms with van der Waals surface area (Å²) in [6.45, 7) is 9.54. The molecule has 0 aliphatic carbocycles. The molecule has 0 saturated carbocycles. The van der Waals surface area contributed by atoms with Crippen LogP contribution in [0.3, 0.4) is 0 Å². The molecule has 2 amide bonds. The normalized spacial score (nSPS) is 12.9. The Labute approximate surface area is 528 Å². The zero-order chi connectivity index (χ0) is 63.9. The van der Waals surface area contributed by atoms with Crippen LogP contribution < -0.4 is 60.7 Å². The number of carbonyl (C=O) groups excluding carboxylic acids is 3. The van der Waals surface area contributed by atoms with Crippen LogP contribution in [0.1, 0.15) is 85.2 Å². The van der Waals surface area contributed by atoms with E-state index >= 15 is 0 Å². The Morgan fingerprint density at radius 1 is 0.600 bits per heavy atom. The van der Waals surface area contributed by atoms with E-state index < -0.39 is 70.2 Å². The van der Waals surface area contributed by atoms with Gasteiger partial charge in [-0.1, -0.05) is 86.6 Å². The van der Waals surface area contributed by atoms with Gasteiger partial charge in [0.1, 0.15) is 46.5 Å². The van der Waals surface area contributed by atoms with E-state index in [0.29, 0.717) is 61.5 Å². The molecule has 1 fully saturated rings. The zero-order valence-corrected chi connectivity index (χ0v) is 51.6. The molecule has 3 heterocycles. The van der Waals surface area contributed by atoms with Gasteiger partial charge in [-0.25, -0.2) is 36.5 Å². The van der Waals surface area contributed by atoms with E-state index in [1.807, 2.05) is 39.8 Å². The van der Waals surface area contributed by atoms with Crippen molar-refractivity contribution < 1.29 is 85.1 Å². The number of hydrogen-bond acceptors (Lipinski definition) is 15. The number of aliphatic carboxylic acids is 1. The average molecular weight is 1240 g/mol. The molecule has 90 heavy (non-hydrogen) atoms. The number of methoxy groups -OCH3 is 3. The largest absolute Gasteiger partial charge is 1.00 e. The summed E-state index contributed by atoms with van der Waals surface area (Å²) in [7, 11) is 7.08. The van der Waals surface area contributed by atoms with Gasteiger partial charge in [-0.3, -0.25) is 19.2 Å². The molecule has 25 heteroatoms. The summed E-state index contributed by atoms with van der Waals surface area (Å²) in [6.07, 6.45) is 6.64. The minimum absolute atomic E-state index is 0. The Bertz CT molecular complexity index is 3940. The third kappa shape index (κ3) is 17.0.